The average Bonchev–Trinajstić information content (AvgIpc) is 2.94. The Morgan fingerprint density at radius 2 is 0.816 bits per heavy atom. The predicted octanol–water partition coefficient (Wildman–Crippen LogP) is 10.2. The Labute approximate surface area is 225 Å². The molecule has 0 atom stereocenters. The van der Waals surface area contributed by atoms with Crippen LogP contribution in [0, 0.1) is 0 Å². The van der Waals surface area contributed by atoms with Gasteiger partial charge in [-0.3, -0.25) is 0 Å². The van der Waals surface area contributed by atoms with Crippen LogP contribution in [0.5, 0.6) is 0 Å². The van der Waals surface area contributed by atoms with Crippen molar-refractivity contribution >= 4 is 56.4 Å². The summed E-state index contributed by atoms with van der Waals surface area (Å²) in [7, 11) is -1.52. The van der Waals surface area contributed by atoms with Crippen LogP contribution in [-0.2, 0) is 0 Å². The van der Waals surface area contributed by atoms with Crippen LogP contribution in [0.4, 0.5) is 0 Å². The molecule has 0 nitrogen and oxygen atoms in total. The summed E-state index contributed by atoms with van der Waals surface area (Å²) in [5.41, 5.74) is 5.22. The molecule has 7 aromatic carbocycles. The molecular weight excluding hydrogens is 472 g/mol. The second-order valence-corrected chi connectivity index (χ2v) is 16.5. The van der Waals surface area contributed by atoms with Gasteiger partial charge in [0.2, 0.25) is 0 Å². The van der Waals surface area contributed by atoms with Crippen LogP contribution in [0.15, 0.2) is 127 Å². The van der Waals surface area contributed by atoms with Crippen molar-refractivity contribution in [1.82, 2.24) is 0 Å². The Balaban J connectivity index is 1.64. The smallest absolute Gasteiger partial charge is 0.0656 e. The summed E-state index contributed by atoms with van der Waals surface area (Å²) < 4.78 is 0. The summed E-state index contributed by atoms with van der Waals surface area (Å²) in [6.45, 7) is 7.32. The van der Waals surface area contributed by atoms with Gasteiger partial charge in [0.1, 0.15) is 0 Å². The van der Waals surface area contributed by atoms with E-state index in [1.807, 2.05) is 0 Å². The highest BCUT2D eigenvalue weighted by atomic mass is 28.3. The second-order valence-electron chi connectivity index (χ2n) is 11.4. The molecule has 0 saturated carbocycles. The molecule has 1 heteroatoms. The zero-order chi connectivity index (χ0) is 25.9. The topological polar surface area (TPSA) is 0 Å². The molecule has 0 radical (unpaired) electrons. The zero-order valence-electron chi connectivity index (χ0n) is 22.1. The lowest BCUT2D eigenvalue weighted by molar-refractivity contribution is 1.67. The van der Waals surface area contributed by atoms with Crippen molar-refractivity contribution < 1.29 is 0 Å². The Hall–Kier alpha value is -4.20. The van der Waals surface area contributed by atoms with E-state index in [9.17, 15) is 0 Å². The Morgan fingerprint density at radius 3 is 1.34 bits per heavy atom. The van der Waals surface area contributed by atoms with Crippen molar-refractivity contribution in [3.63, 3.8) is 0 Å². The maximum Gasteiger partial charge on any atom is 0.0776 e. The predicted molar refractivity (Wildman–Crippen MR) is 170 cm³/mol. The first-order valence-corrected chi connectivity index (χ1v) is 16.9. The second kappa shape index (κ2) is 8.68. The monoisotopic (exact) mass is 502 g/mol. The molecule has 0 amide bonds. The van der Waals surface area contributed by atoms with E-state index in [1.54, 1.807) is 0 Å². The van der Waals surface area contributed by atoms with Crippen molar-refractivity contribution in [3.8, 4) is 22.3 Å². The van der Waals surface area contributed by atoms with E-state index in [-0.39, 0.29) is 0 Å². The molecular formula is C37H30Si. The van der Waals surface area contributed by atoms with Gasteiger partial charge in [-0.25, -0.2) is 0 Å². The first-order chi connectivity index (χ1) is 18.5. The number of fused-ring (bicyclic) bond motifs is 4. The van der Waals surface area contributed by atoms with Crippen molar-refractivity contribution in [2.45, 2.75) is 19.6 Å². The summed E-state index contributed by atoms with van der Waals surface area (Å²) in [5, 5.41) is 11.9. The minimum absolute atomic E-state index is 1.27. The van der Waals surface area contributed by atoms with Gasteiger partial charge < -0.3 is 0 Å². The van der Waals surface area contributed by atoms with Crippen LogP contribution in [0.3, 0.4) is 0 Å². The molecule has 38 heavy (non-hydrogen) atoms. The largest absolute Gasteiger partial charge is 0.0776 e. The molecule has 0 unspecified atom stereocenters. The van der Waals surface area contributed by atoms with Gasteiger partial charge in [0.05, 0.1) is 8.07 Å². The summed E-state index contributed by atoms with van der Waals surface area (Å²) >= 11 is 0. The van der Waals surface area contributed by atoms with Crippen molar-refractivity contribution in [2.75, 3.05) is 0 Å². The van der Waals surface area contributed by atoms with Gasteiger partial charge in [-0.15, -0.1) is 0 Å². The highest BCUT2D eigenvalue weighted by Gasteiger charge is 2.21. The number of benzene rings is 7. The molecule has 0 heterocycles. The SMILES string of the molecule is C[Si](C)(C)c1ccc2c(-c3ccc4ccccc4c3)c3ccccc3c(-c3ccc4ccccc4c3)c2c1. The van der Waals surface area contributed by atoms with Gasteiger partial charge in [-0.2, -0.15) is 0 Å². The van der Waals surface area contributed by atoms with E-state index in [0.29, 0.717) is 0 Å². The van der Waals surface area contributed by atoms with E-state index in [1.165, 1.54) is 70.5 Å². The third-order valence-electron chi connectivity index (χ3n) is 7.97. The highest BCUT2D eigenvalue weighted by Crippen LogP contribution is 2.44. The first kappa shape index (κ1) is 23.0. The lowest BCUT2D eigenvalue weighted by Crippen LogP contribution is -2.37. The Morgan fingerprint density at radius 1 is 0.368 bits per heavy atom. The van der Waals surface area contributed by atoms with E-state index >= 15 is 0 Å². The average molecular weight is 503 g/mol. The molecule has 0 saturated heterocycles. The van der Waals surface area contributed by atoms with Crippen molar-refractivity contribution in [3.05, 3.63) is 127 Å². The summed E-state index contributed by atoms with van der Waals surface area (Å²) in [6.07, 6.45) is 0. The highest BCUT2D eigenvalue weighted by molar-refractivity contribution is 6.88. The molecule has 0 bridgehead atoms. The van der Waals surface area contributed by atoms with Gasteiger partial charge in [0.25, 0.3) is 0 Å². The summed E-state index contributed by atoms with van der Waals surface area (Å²) in [6, 6.07) is 47.4. The minimum atomic E-state index is -1.52. The first-order valence-electron chi connectivity index (χ1n) is 13.4. The lowest BCUT2D eigenvalue weighted by atomic mass is 9.85. The number of hydrogen-bond acceptors (Lipinski definition) is 0. The van der Waals surface area contributed by atoms with E-state index < -0.39 is 8.07 Å². The molecule has 0 aromatic heterocycles. The maximum atomic E-state index is 2.50. The zero-order valence-corrected chi connectivity index (χ0v) is 23.1. The van der Waals surface area contributed by atoms with Gasteiger partial charge >= 0.3 is 0 Å². The fourth-order valence-electron chi connectivity index (χ4n) is 5.96. The van der Waals surface area contributed by atoms with Crippen molar-refractivity contribution in [1.29, 1.82) is 0 Å². The lowest BCUT2D eigenvalue weighted by Gasteiger charge is -2.22. The standard InChI is InChI=1S/C37H30Si/c1-38(2,3)31-20-21-34-35(24-31)37(30-19-17-26-11-5-7-13-28(26)23-30)33-15-9-8-14-32(33)36(34)29-18-16-25-10-4-6-12-27(25)22-29/h4-24H,1-3H3. The van der Waals surface area contributed by atoms with Gasteiger partial charge in [0.15, 0.2) is 0 Å². The fraction of sp³-hybridized carbons (Fsp3) is 0.0811. The van der Waals surface area contributed by atoms with Gasteiger partial charge in [0, 0.05) is 0 Å². The van der Waals surface area contributed by atoms with Crippen LogP contribution in [0.2, 0.25) is 19.6 Å². The molecule has 0 spiro atoms. The molecule has 0 aliphatic carbocycles. The molecule has 0 N–H and O–H groups in total. The van der Waals surface area contributed by atoms with E-state index in [0.717, 1.165) is 0 Å². The number of rotatable bonds is 3. The summed E-state index contributed by atoms with van der Waals surface area (Å²) in [4.78, 5) is 0. The van der Waals surface area contributed by atoms with Crippen LogP contribution in [-0.4, -0.2) is 8.07 Å². The van der Waals surface area contributed by atoms with Crippen LogP contribution in [0.1, 0.15) is 0 Å². The quantitative estimate of drug-likeness (QED) is 0.166. The number of hydrogen-bond donors (Lipinski definition) is 0. The maximum absolute atomic E-state index is 2.50. The third kappa shape index (κ3) is 3.74. The summed E-state index contributed by atoms with van der Waals surface area (Å²) in [5.74, 6) is 0. The van der Waals surface area contributed by atoms with Gasteiger partial charge in [-0.1, -0.05) is 140 Å². The Bertz CT molecular complexity index is 2010. The Kier molecular flexibility index (Phi) is 5.24. The molecule has 7 rings (SSSR count). The minimum Gasteiger partial charge on any atom is -0.0656 e. The van der Waals surface area contributed by atoms with Crippen molar-refractivity contribution in [2.24, 2.45) is 0 Å². The van der Waals surface area contributed by atoms with E-state index in [4.69, 9.17) is 0 Å². The molecule has 0 aliphatic heterocycles. The van der Waals surface area contributed by atoms with Crippen LogP contribution >= 0.6 is 0 Å². The normalized spacial score (nSPS) is 12.1. The molecule has 182 valence electrons. The van der Waals surface area contributed by atoms with E-state index in [2.05, 4.69) is 147 Å². The fourth-order valence-corrected chi connectivity index (χ4v) is 7.12. The third-order valence-corrected chi connectivity index (χ3v) is 10.0. The van der Waals surface area contributed by atoms with Crippen LogP contribution in [0.25, 0.3) is 65.3 Å². The molecule has 7 aromatic rings. The molecule has 0 aliphatic rings. The van der Waals surface area contributed by atoms with Gasteiger partial charge in [-0.05, 0) is 77.5 Å². The molecule has 0 fully saturated rings. The van der Waals surface area contributed by atoms with Crippen LogP contribution < -0.4 is 5.19 Å².